The lowest BCUT2D eigenvalue weighted by atomic mass is 10.2. The Morgan fingerprint density at radius 3 is 2.95 bits per heavy atom. The molecule has 0 unspecified atom stereocenters. The Labute approximate surface area is 126 Å². The highest BCUT2D eigenvalue weighted by Crippen LogP contribution is 2.06. The number of fused-ring (bicyclic) bond motifs is 1. The molecule has 0 aliphatic heterocycles. The average molecular weight is 297 g/mol. The van der Waals surface area contributed by atoms with E-state index in [9.17, 15) is 9.59 Å². The fourth-order valence-corrected chi connectivity index (χ4v) is 2.19. The third kappa shape index (κ3) is 3.03. The summed E-state index contributed by atoms with van der Waals surface area (Å²) in [6, 6.07) is 7.18. The van der Waals surface area contributed by atoms with E-state index in [1.807, 2.05) is 12.1 Å². The Morgan fingerprint density at radius 1 is 1.27 bits per heavy atom. The van der Waals surface area contributed by atoms with E-state index >= 15 is 0 Å². The summed E-state index contributed by atoms with van der Waals surface area (Å²) in [7, 11) is 0. The number of H-pyrrole nitrogens is 1. The number of nitrogens with zero attached hydrogens (tertiary/aromatic N) is 3. The Morgan fingerprint density at radius 2 is 2.14 bits per heavy atom. The first-order chi connectivity index (χ1) is 10.7. The number of nitrogens with one attached hydrogen (secondary N) is 2. The molecule has 0 aliphatic rings. The maximum absolute atomic E-state index is 12.2. The summed E-state index contributed by atoms with van der Waals surface area (Å²) in [6.07, 6.45) is 5.55. The van der Waals surface area contributed by atoms with E-state index in [1.54, 1.807) is 30.9 Å². The lowest BCUT2D eigenvalue weighted by Gasteiger charge is -2.07. The number of amides is 1. The van der Waals surface area contributed by atoms with E-state index < -0.39 is 0 Å². The zero-order chi connectivity index (χ0) is 15.4. The van der Waals surface area contributed by atoms with Crippen LogP contribution in [-0.2, 0) is 17.8 Å². The molecule has 0 aliphatic carbocycles. The minimum atomic E-state index is -0.262. The number of aromatic nitrogens is 4. The highest BCUT2D eigenvalue weighted by atomic mass is 16.2. The smallest absolute Gasteiger partial charge is 0.275 e. The third-order valence-electron chi connectivity index (χ3n) is 3.33. The Hall–Kier alpha value is -2.96. The zero-order valence-electron chi connectivity index (χ0n) is 11.8. The van der Waals surface area contributed by atoms with Gasteiger partial charge in [-0.1, -0.05) is 18.2 Å². The van der Waals surface area contributed by atoms with Gasteiger partial charge >= 0.3 is 0 Å². The number of hydrogen-bond acceptors (Lipinski definition) is 4. The van der Waals surface area contributed by atoms with Crippen molar-refractivity contribution in [3.8, 4) is 0 Å². The minimum Gasteiger partial charge on any atom is -0.354 e. The Bertz CT molecular complexity index is 839. The molecule has 2 heterocycles. The maximum Gasteiger partial charge on any atom is 0.275 e. The van der Waals surface area contributed by atoms with Crippen LogP contribution < -0.4 is 10.9 Å². The van der Waals surface area contributed by atoms with Crippen LogP contribution in [0, 0.1) is 0 Å². The van der Waals surface area contributed by atoms with Gasteiger partial charge in [0, 0.05) is 30.2 Å². The molecule has 2 aromatic heterocycles. The molecule has 7 heteroatoms. The van der Waals surface area contributed by atoms with Crippen LogP contribution in [0.1, 0.15) is 5.69 Å². The summed E-state index contributed by atoms with van der Waals surface area (Å²) < 4.78 is 1.17. The van der Waals surface area contributed by atoms with Crippen LogP contribution in [0.25, 0.3) is 10.8 Å². The molecule has 0 bridgehead atoms. The topological polar surface area (TPSA) is 92.7 Å². The fourth-order valence-electron chi connectivity index (χ4n) is 2.19. The van der Waals surface area contributed by atoms with Crippen molar-refractivity contribution >= 4 is 16.7 Å². The van der Waals surface area contributed by atoms with Gasteiger partial charge in [0.05, 0.1) is 17.9 Å². The molecule has 0 atom stereocenters. The Balaban J connectivity index is 1.64. The number of carbonyl (C=O) groups excluding carboxylic acids is 1. The van der Waals surface area contributed by atoms with Gasteiger partial charge in [-0.05, 0) is 6.07 Å². The second-order valence-corrected chi connectivity index (χ2v) is 4.87. The molecule has 112 valence electrons. The predicted octanol–water partition coefficient (Wildman–Crippen LogP) is 0.478. The molecular formula is C15H15N5O2. The largest absolute Gasteiger partial charge is 0.354 e. The summed E-state index contributed by atoms with van der Waals surface area (Å²) >= 11 is 0. The van der Waals surface area contributed by atoms with Crippen LogP contribution in [0.4, 0.5) is 0 Å². The van der Waals surface area contributed by atoms with Gasteiger partial charge in [-0.25, -0.2) is 9.67 Å². The molecule has 7 nitrogen and oxygen atoms in total. The van der Waals surface area contributed by atoms with E-state index in [0.717, 1.165) is 11.1 Å². The predicted molar refractivity (Wildman–Crippen MR) is 81.3 cm³/mol. The van der Waals surface area contributed by atoms with Crippen LogP contribution >= 0.6 is 0 Å². The molecule has 2 N–H and O–H groups in total. The van der Waals surface area contributed by atoms with Crippen LogP contribution in [0.15, 0.2) is 47.8 Å². The van der Waals surface area contributed by atoms with E-state index in [1.165, 1.54) is 4.68 Å². The second kappa shape index (κ2) is 6.21. The normalized spacial score (nSPS) is 10.7. The maximum atomic E-state index is 12.2. The van der Waals surface area contributed by atoms with E-state index in [4.69, 9.17) is 0 Å². The SMILES string of the molecule is O=C(Cn1ncc2ccccc2c1=O)NCCc1cnc[nH]1. The first kappa shape index (κ1) is 14.0. The Kier molecular flexibility index (Phi) is 3.95. The molecule has 0 fully saturated rings. The van der Waals surface area contributed by atoms with Crippen LogP contribution in [0.3, 0.4) is 0 Å². The number of rotatable bonds is 5. The van der Waals surface area contributed by atoms with E-state index in [-0.39, 0.29) is 18.0 Å². The highest BCUT2D eigenvalue weighted by molar-refractivity contribution is 5.81. The highest BCUT2D eigenvalue weighted by Gasteiger charge is 2.08. The second-order valence-electron chi connectivity index (χ2n) is 4.87. The lowest BCUT2D eigenvalue weighted by molar-refractivity contribution is -0.121. The number of hydrogen-bond donors (Lipinski definition) is 2. The molecule has 0 spiro atoms. The first-order valence-corrected chi connectivity index (χ1v) is 6.93. The number of carbonyl (C=O) groups is 1. The van der Waals surface area contributed by atoms with E-state index in [2.05, 4.69) is 20.4 Å². The summed E-state index contributed by atoms with van der Waals surface area (Å²) in [5, 5.41) is 8.11. The molecule has 0 radical (unpaired) electrons. The summed E-state index contributed by atoms with van der Waals surface area (Å²) in [5.74, 6) is -0.246. The van der Waals surface area contributed by atoms with E-state index in [0.29, 0.717) is 18.4 Å². The van der Waals surface area contributed by atoms with Gasteiger partial charge < -0.3 is 10.3 Å². The van der Waals surface area contributed by atoms with Crippen LogP contribution in [0.2, 0.25) is 0 Å². The van der Waals surface area contributed by atoms with Crippen molar-refractivity contribution in [2.75, 3.05) is 6.54 Å². The molecule has 0 saturated carbocycles. The molecular weight excluding hydrogens is 282 g/mol. The third-order valence-corrected chi connectivity index (χ3v) is 3.33. The zero-order valence-corrected chi connectivity index (χ0v) is 11.8. The first-order valence-electron chi connectivity index (χ1n) is 6.93. The molecule has 3 rings (SSSR count). The van der Waals surface area contributed by atoms with Crippen molar-refractivity contribution in [2.24, 2.45) is 0 Å². The monoisotopic (exact) mass is 297 g/mol. The molecule has 1 aromatic carbocycles. The van der Waals surface area contributed by atoms with Gasteiger partial charge in [0.25, 0.3) is 5.56 Å². The minimum absolute atomic E-state index is 0.0906. The van der Waals surface area contributed by atoms with Crippen molar-refractivity contribution in [1.82, 2.24) is 25.1 Å². The number of imidazole rings is 1. The molecule has 1 amide bonds. The molecule has 22 heavy (non-hydrogen) atoms. The van der Waals surface area contributed by atoms with Gasteiger partial charge in [0.1, 0.15) is 6.54 Å². The number of aromatic amines is 1. The number of benzene rings is 1. The van der Waals surface area contributed by atoms with Gasteiger partial charge in [-0.2, -0.15) is 5.10 Å². The van der Waals surface area contributed by atoms with Crippen LogP contribution in [0.5, 0.6) is 0 Å². The van der Waals surface area contributed by atoms with Crippen LogP contribution in [-0.4, -0.2) is 32.2 Å². The summed E-state index contributed by atoms with van der Waals surface area (Å²) in [4.78, 5) is 31.0. The summed E-state index contributed by atoms with van der Waals surface area (Å²) in [5.41, 5.74) is 0.683. The molecule has 0 saturated heterocycles. The van der Waals surface area contributed by atoms with Crippen molar-refractivity contribution in [3.63, 3.8) is 0 Å². The van der Waals surface area contributed by atoms with Crippen molar-refractivity contribution in [3.05, 3.63) is 59.0 Å². The summed E-state index contributed by atoms with van der Waals surface area (Å²) in [6.45, 7) is 0.385. The van der Waals surface area contributed by atoms with Crippen molar-refractivity contribution < 1.29 is 4.79 Å². The lowest BCUT2D eigenvalue weighted by Crippen LogP contribution is -2.34. The van der Waals surface area contributed by atoms with Gasteiger partial charge in [-0.3, -0.25) is 9.59 Å². The molecule has 3 aromatic rings. The quantitative estimate of drug-likeness (QED) is 0.716. The van der Waals surface area contributed by atoms with Crippen molar-refractivity contribution in [2.45, 2.75) is 13.0 Å². The standard InChI is InChI=1S/C15H15N5O2/c21-14(17-6-5-12-8-16-10-18-12)9-20-15(22)13-4-2-1-3-11(13)7-19-20/h1-4,7-8,10H,5-6,9H2,(H,16,18)(H,17,21). The van der Waals surface area contributed by atoms with Gasteiger partial charge in [-0.15, -0.1) is 0 Å². The average Bonchev–Trinajstić information content (AvgIpc) is 3.04. The van der Waals surface area contributed by atoms with Gasteiger partial charge in [0.2, 0.25) is 5.91 Å². The van der Waals surface area contributed by atoms with Crippen molar-refractivity contribution in [1.29, 1.82) is 0 Å². The fraction of sp³-hybridized carbons (Fsp3) is 0.200. The van der Waals surface area contributed by atoms with Gasteiger partial charge in [0.15, 0.2) is 0 Å².